The molecule has 0 aliphatic heterocycles. The Labute approximate surface area is 106 Å². The average Bonchev–Trinajstić information content (AvgIpc) is 3.01. The molecule has 1 saturated carbocycles. The molecule has 1 aliphatic rings. The molecular weight excluding hydrogens is 256 g/mol. The number of rotatable bonds is 7. The summed E-state index contributed by atoms with van der Waals surface area (Å²) in [6.45, 7) is 4.24. The third kappa shape index (κ3) is 3.77. The van der Waals surface area contributed by atoms with E-state index < -0.39 is 10.0 Å². The first kappa shape index (κ1) is 13.0. The summed E-state index contributed by atoms with van der Waals surface area (Å²) in [7, 11) is -3.29. The van der Waals surface area contributed by atoms with Crippen LogP contribution in [0.15, 0.2) is 16.3 Å². The van der Waals surface area contributed by atoms with E-state index in [1.807, 2.05) is 6.92 Å². The third-order valence-electron chi connectivity index (χ3n) is 2.75. The highest BCUT2D eigenvalue weighted by molar-refractivity contribution is 7.89. The standard InChI is InChI=1S/C11H18N2O2S2/c1-2-12-7-10-5-11(8-16-10)17(14,15)13-6-9-3-4-9/h5,8-9,12-13H,2-4,6-7H2,1H3. The summed E-state index contributed by atoms with van der Waals surface area (Å²) < 4.78 is 26.5. The largest absolute Gasteiger partial charge is 0.312 e. The van der Waals surface area contributed by atoms with Gasteiger partial charge in [-0.2, -0.15) is 0 Å². The van der Waals surface area contributed by atoms with Gasteiger partial charge in [0.05, 0.1) is 4.90 Å². The second kappa shape index (κ2) is 5.48. The zero-order valence-corrected chi connectivity index (χ0v) is 11.5. The van der Waals surface area contributed by atoms with Gasteiger partial charge in [0.1, 0.15) is 0 Å². The van der Waals surface area contributed by atoms with E-state index in [1.54, 1.807) is 11.4 Å². The van der Waals surface area contributed by atoms with Gasteiger partial charge in [0.25, 0.3) is 0 Å². The van der Waals surface area contributed by atoms with Crippen LogP contribution in [0.4, 0.5) is 0 Å². The molecule has 1 heterocycles. The molecule has 2 rings (SSSR count). The molecule has 1 aromatic heterocycles. The van der Waals surface area contributed by atoms with Crippen LogP contribution in [0.3, 0.4) is 0 Å². The van der Waals surface area contributed by atoms with Gasteiger partial charge < -0.3 is 5.32 Å². The van der Waals surface area contributed by atoms with Gasteiger partial charge in [-0.25, -0.2) is 13.1 Å². The highest BCUT2D eigenvalue weighted by atomic mass is 32.2. The summed E-state index contributed by atoms with van der Waals surface area (Å²) in [5.74, 6) is 0.560. The second-order valence-corrected chi connectivity index (χ2v) is 7.09. The number of sulfonamides is 1. The number of thiophene rings is 1. The number of hydrogen-bond acceptors (Lipinski definition) is 4. The van der Waals surface area contributed by atoms with E-state index >= 15 is 0 Å². The molecule has 0 unspecified atom stereocenters. The summed E-state index contributed by atoms with van der Waals surface area (Å²) >= 11 is 1.48. The fourth-order valence-corrected chi connectivity index (χ4v) is 3.84. The van der Waals surface area contributed by atoms with Gasteiger partial charge in [-0.15, -0.1) is 11.3 Å². The molecule has 0 radical (unpaired) electrons. The minimum atomic E-state index is -3.29. The Balaban J connectivity index is 1.96. The van der Waals surface area contributed by atoms with E-state index in [0.717, 1.165) is 30.8 Å². The van der Waals surface area contributed by atoms with Crippen molar-refractivity contribution in [3.63, 3.8) is 0 Å². The molecule has 1 fully saturated rings. The lowest BCUT2D eigenvalue weighted by atomic mass is 10.4. The molecule has 0 bridgehead atoms. The van der Waals surface area contributed by atoms with Crippen LogP contribution in [-0.2, 0) is 16.6 Å². The van der Waals surface area contributed by atoms with Crippen LogP contribution < -0.4 is 10.0 Å². The Morgan fingerprint density at radius 3 is 2.88 bits per heavy atom. The summed E-state index contributed by atoms with van der Waals surface area (Å²) in [6.07, 6.45) is 2.30. The van der Waals surface area contributed by atoms with E-state index in [-0.39, 0.29) is 0 Å². The molecule has 17 heavy (non-hydrogen) atoms. The highest BCUT2D eigenvalue weighted by Gasteiger charge is 2.24. The van der Waals surface area contributed by atoms with Crippen LogP contribution in [0, 0.1) is 5.92 Å². The fourth-order valence-electron chi connectivity index (χ4n) is 1.48. The molecule has 1 aromatic rings. The lowest BCUT2D eigenvalue weighted by molar-refractivity contribution is 0.577. The number of hydrogen-bond donors (Lipinski definition) is 2. The van der Waals surface area contributed by atoms with Crippen molar-refractivity contribution in [2.45, 2.75) is 31.2 Å². The lowest BCUT2D eigenvalue weighted by Crippen LogP contribution is -2.25. The SMILES string of the molecule is CCNCc1cc(S(=O)(=O)NCC2CC2)cs1. The predicted molar refractivity (Wildman–Crippen MR) is 69.6 cm³/mol. The Kier molecular flexibility index (Phi) is 4.19. The Morgan fingerprint density at radius 1 is 1.47 bits per heavy atom. The van der Waals surface area contributed by atoms with Crippen molar-refractivity contribution >= 4 is 21.4 Å². The van der Waals surface area contributed by atoms with Crippen LogP contribution in [0.1, 0.15) is 24.6 Å². The van der Waals surface area contributed by atoms with Gasteiger partial charge in [0, 0.05) is 23.3 Å². The van der Waals surface area contributed by atoms with E-state index in [1.165, 1.54) is 11.3 Å². The molecular formula is C11H18N2O2S2. The summed E-state index contributed by atoms with van der Waals surface area (Å²) in [4.78, 5) is 1.45. The van der Waals surface area contributed by atoms with Gasteiger partial charge in [-0.05, 0) is 31.4 Å². The fraction of sp³-hybridized carbons (Fsp3) is 0.636. The van der Waals surface area contributed by atoms with Crippen molar-refractivity contribution in [1.82, 2.24) is 10.0 Å². The molecule has 6 heteroatoms. The molecule has 0 aromatic carbocycles. The first-order valence-corrected chi connectivity index (χ1v) is 8.26. The van der Waals surface area contributed by atoms with Crippen LogP contribution in [0.5, 0.6) is 0 Å². The predicted octanol–water partition coefficient (Wildman–Crippen LogP) is 1.55. The quantitative estimate of drug-likeness (QED) is 0.793. The second-order valence-electron chi connectivity index (χ2n) is 4.32. The van der Waals surface area contributed by atoms with Crippen molar-refractivity contribution in [3.05, 3.63) is 16.3 Å². The zero-order valence-electron chi connectivity index (χ0n) is 9.90. The van der Waals surface area contributed by atoms with Crippen molar-refractivity contribution in [3.8, 4) is 0 Å². The first-order valence-electron chi connectivity index (χ1n) is 5.89. The molecule has 0 amide bonds. The van der Waals surface area contributed by atoms with Gasteiger partial charge >= 0.3 is 0 Å². The van der Waals surface area contributed by atoms with Crippen molar-refractivity contribution in [2.75, 3.05) is 13.1 Å². The average molecular weight is 274 g/mol. The first-order chi connectivity index (χ1) is 8.12. The van der Waals surface area contributed by atoms with E-state index in [4.69, 9.17) is 0 Å². The molecule has 1 aliphatic carbocycles. The molecule has 0 saturated heterocycles. The van der Waals surface area contributed by atoms with Gasteiger partial charge in [-0.3, -0.25) is 0 Å². The van der Waals surface area contributed by atoms with Crippen LogP contribution in [0.25, 0.3) is 0 Å². The van der Waals surface area contributed by atoms with Crippen LogP contribution in [-0.4, -0.2) is 21.5 Å². The monoisotopic (exact) mass is 274 g/mol. The Morgan fingerprint density at radius 2 is 2.24 bits per heavy atom. The van der Waals surface area contributed by atoms with Crippen molar-refractivity contribution in [1.29, 1.82) is 0 Å². The highest BCUT2D eigenvalue weighted by Crippen LogP contribution is 2.28. The zero-order chi connectivity index (χ0) is 12.3. The maximum absolute atomic E-state index is 11.9. The van der Waals surface area contributed by atoms with Gasteiger partial charge in [0.15, 0.2) is 0 Å². The van der Waals surface area contributed by atoms with E-state index in [0.29, 0.717) is 17.4 Å². The Bertz CT molecular complexity index is 464. The lowest BCUT2D eigenvalue weighted by Gasteiger charge is -2.03. The van der Waals surface area contributed by atoms with E-state index in [2.05, 4.69) is 10.0 Å². The normalized spacial score (nSPS) is 16.3. The third-order valence-corrected chi connectivity index (χ3v) is 5.24. The topological polar surface area (TPSA) is 58.2 Å². The summed E-state index contributed by atoms with van der Waals surface area (Å²) in [6, 6.07) is 1.75. The molecule has 96 valence electrons. The Hall–Kier alpha value is -0.430. The molecule has 4 nitrogen and oxygen atoms in total. The minimum Gasteiger partial charge on any atom is -0.312 e. The molecule has 0 spiro atoms. The maximum Gasteiger partial charge on any atom is 0.241 e. The number of nitrogens with one attached hydrogen (secondary N) is 2. The maximum atomic E-state index is 11.9. The molecule has 2 N–H and O–H groups in total. The van der Waals surface area contributed by atoms with Crippen LogP contribution in [0.2, 0.25) is 0 Å². The molecule has 0 atom stereocenters. The smallest absolute Gasteiger partial charge is 0.241 e. The minimum absolute atomic E-state index is 0.399. The van der Waals surface area contributed by atoms with Crippen LogP contribution >= 0.6 is 11.3 Å². The van der Waals surface area contributed by atoms with E-state index in [9.17, 15) is 8.42 Å². The van der Waals surface area contributed by atoms with Gasteiger partial charge in [0.2, 0.25) is 10.0 Å². The van der Waals surface area contributed by atoms with Crippen molar-refractivity contribution < 1.29 is 8.42 Å². The summed E-state index contributed by atoms with van der Waals surface area (Å²) in [5.41, 5.74) is 0. The van der Waals surface area contributed by atoms with Crippen molar-refractivity contribution in [2.24, 2.45) is 5.92 Å². The summed E-state index contributed by atoms with van der Waals surface area (Å²) in [5, 5.41) is 4.89. The van der Waals surface area contributed by atoms with Gasteiger partial charge in [-0.1, -0.05) is 6.92 Å².